The first kappa shape index (κ1) is 19.4. The van der Waals surface area contributed by atoms with E-state index in [-0.39, 0.29) is 17.9 Å². The highest BCUT2D eigenvalue weighted by atomic mass is 35.5. The third-order valence-corrected chi connectivity index (χ3v) is 5.34. The smallest absolute Gasteiger partial charge is 0.257 e. The van der Waals surface area contributed by atoms with Gasteiger partial charge in [-0.25, -0.2) is 0 Å². The monoisotopic (exact) mass is 389 g/mol. The van der Waals surface area contributed by atoms with Crippen molar-refractivity contribution in [1.82, 2.24) is 4.90 Å². The maximum Gasteiger partial charge on any atom is 0.257 e. The van der Waals surface area contributed by atoms with E-state index >= 15 is 0 Å². The average molecular weight is 390 g/mol. The van der Waals surface area contributed by atoms with Crippen LogP contribution in [0.2, 0.25) is 0 Å². The molecule has 5 nitrogen and oxygen atoms in total. The van der Waals surface area contributed by atoms with Crippen molar-refractivity contribution in [2.45, 2.75) is 12.8 Å². The Morgan fingerprint density at radius 2 is 1.50 bits per heavy atom. The van der Waals surface area contributed by atoms with Crippen molar-refractivity contribution in [3.8, 4) is 12.1 Å². The lowest BCUT2D eigenvalue weighted by atomic mass is 9.87. The number of halogens is 1. The first-order valence-electron chi connectivity index (χ1n) is 8.64. The van der Waals surface area contributed by atoms with Gasteiger partial charge in [0.05, 0.1) is 29.2 Å². The standard InChI is InChI=1S/C22H16ClN3O2/c1-26-21(27)18(10-14-6-2-4-8-16(14)12-24)20(23)19(22(26)28)11-15-7-3-5-9-17(15)13-25/h2-9,18H,10-11H2,1H3. The summed E-state index contributed by atoms with van der Waals surface area (Å²) in [5, 5.41) is 18.8. The van der Waals surface area contributed by atoms with Gasteiger partial charge in [0.1, 0.15) is 0 Å². The fraction of sp³-hybridized carbons (Fsp3) is 0.182. The predicted molar refractivity (Wildman–Crippen MR) is 104 cm³/mol. The molecule has 2 amide bonds. The van der Waals surface area contributed by atoms with Gasteiger partial charge in [0.15, 0.2) is 0 Å². The molecular formula is C22H16ClN3O2. The average Bonchev–Trinajstić information content (AvgIpc) is 2.73. The molecule has 0 saturated carbocycles. The predicted octanol–water partition coefficient (Wildman–Crippen LogP) is 3.32. The Balaban J connectivity index is 2.03. The molecule has 0 spiro atoms. The number of rotatable bonds is 4. The molecule has 1 aliphatic heterocycles. The maximum atomic E-state index is 12.7. The molecule has 0 saturated heterocycles. The second kappa shape index (κ2) is 8.08. The summed E-state index contributed by atoms with van der Waals surface area (Å²) in [6.45, 7) is 0. The number of carbonyl (C=O) groups is 2. The maximum absolute atomic E-state index is 12.7. The van der Waals surface area contributed by atoms with Crippen LogP contribution in [-0.4, -0.2) is 23.8 Å². The second-order valence-corrected chi connectivity index (χ2v) is 6.91. The lowest BCUT2D eigenvalue weighted by Gasteiger charge is -2.30. The summed E-state index contributed by atoms with van der Waals surface area (Å²) in [7, 11) is 1.42. The molecular weight excluding hydrogens is 374 g/mol. The van der Waals surface area contributed by atoms with Crippen LogP contribution >= 0.6 is 11.6 Å². The van der Waals surface area contributed by atoms with Gasteiger partial charge in [-0.15, -0.1) is 0 Å². The van der Waals surface area contributed by atoms with E-state index in [1.807, 2.05) is 0 Å². The molecule has 3 rings (SSSR count). The van der Waals surface area contributed by atoms with E-state index in [0.717, 1.165) is 4.90 Å². The fourth-order valence-corrected chi connectivity index (χ4v) is 3.61. The van der Waals surface area contributed by atoms with Crippen molar-refractivity contribution in [3.05, 3.63) is 81.4 Å². The minimum Gasteiger partial charge on any atom is -0.281 e. The van der Waals surface area contributed by atoms with Gasteiger partial charge < -0.3 is 0 Å². The van der Waals surface area contributed by atoms with Crippen LogP contribution in [0.1, 0.15) is 22.3 Å². The van der Waals surface area contributed by atoms with E-state index in [1.54, 1.807) is 48.5 Å². The van der Waals surface area contributed by atoms with Crippen LogP contribution in [-0.2, 0) is 22.4 Å². The summed E-state index contributed by atoms with van der Waals surface area (Å²) in [6, 6.07) is 18.2. The van der Waals surface area contributed by atoms with Gasteiger partial charge in [0.2, 0.25) is 5.91 Å². The summed E-state index contributed by atoms with van der Waals surface area (Å²) < 4.78 is 0. The van der Waals surface area contributed by atoms with Gasteiger partial charge >= 0.3 is 0 Å². The molecule has 1 heterocycles. The molecule has 2 aromatic rings. The molecule has 0 N–H and O–H groups in total. The number of carbonyl (C=O) groups excluding carboxylic acids is 2. The van der Waals surface area contributed by atoms with Crippen LogP contribution in [0.3, 0.4) is 0 Å². The van der Waals surface area contributed by atoms with E-state index in [1.165, 1.54) is 7.05 Å². The quantitative estimate of drug-likeness (QED) is 0.750. The third kappa shape index (κ3) is 3.53. The van der Waals surface area contributed by atoms with Crippen molar-refractivity contribution < 1.29 is 9.59 Å². The van der Waals surface area contributed by atoms with E-state index in [4.69, 9.17) is 11.6 Å². The van der Waals surface area contributed by atoms with Gasteiger partial charge in [-0.1, -0.05) is 48.0 Å². The Morgan fingerprint density at radius 3 is 2.11 bits per heavy atom. The molecule has 6 heteroatoms. The Labute approximate surface area is 168 Å². The summed E-state index contributed by atoms with van der Waals surface area (Å²) in [5.74, 6) is -1.62. The van der Waals surface area contributed by atoms with Gasteiger partial charge in [-0.2, -0.15) is 10.5 Å². The van der Waals surface area contributed by atoms with Crippen molar-refractivity contribution in [2.75, 3.05) is 7.05 Å². The van der Waals surface area contributed by atoms with Crippen molar-refractivity contribution in [3.63, 3.8) is 0 Å². The van der Waals surface area contributed by atoms with Crippen LogP contribution < -0.4 is 0 Å². The number of likely N-dealkylation sites (N-methyl/N-ethyl adjacent to an activating group) is 1. The summed E-state index contributed by atoms with van der Waals surface area (Å²) >= 11 is 6.54. The number of hydrogen-bond donors (Lipinski definition) is 0. The largest absolute Gasteiger partial charge is 0.281 e. The normalized spacial score (nSPS) is 16.7. The molecule has 1 aliphatic rings. The minimum absolute atomic E-state index is 0.162. The molecule has 28 heavy (non-hydrogen) atoms. The first-order valence-corrected chi connectivity index (χ1v) is 9.02. The van der Waals surface area contributed by atoms with Crippen LogP contribution in [0.5, 0.6) is 0 Å². The van der Waals surface area contributed by atoms with Gasteiger partial charge in [0, 0.05) is 24.1 Å². The Kier molecular flexibility index (Phi) is 5.59. The summed E-state index contributed by atoms with van der Waals surface area (Å²) in [6.07, 6.45) is 0.387. The summed E-state index contributed by atoms with van der Waals surface area (Å²) in [4.78, 5) is 26.5. The Morgan fingerprint density at radius 1 is 0.964 bits per heavy atom. The molecule has 138 valence electrons. The van der Waals surface area contributed by atoms with Gasteiger partial charge in [0.25, 0.3) is 5.91 Å². The zero-order valence-corrected chi connectivity index (χ0v) is 15.9. The molecule has 0 radical (unpaired) electrons. The molecule has 0 bridgehead atoms. The highest BCUT2D eigenvalue weighted by Gasteiger charge is 2.38. The van der Waals surface area contributed by atoms with Gasteiger partial charge in [-0.3, -0.25) is 14.5 Å². The number of imide groups is 1. The number of benzene rings is 2. The van der Waals surface area contributed by atoms with Crippen LogP contribution in [0.15, 0.2) is 59.1 Å². The number of nitrogens with zero attached hydrogens (tertiary/aromatic N) is 3. The number of nitriles is 2. The van der Waals surface area contributed by atoms with Crippen LogP contribution in [0.4, 0.5) is 0 Å². The van der Waals surface area contributed by atoms with Crippen LogP contribution in [0.25, 0.3) is 0 Å². The van der Waals surface area contributed by atoms with Crippen molar-refractivity contribution in [1.29, 1.82) is 10.5 Å². The van der Waals surface area contributed by atoms with Gasteiger partial charge in [-0.05, 0) is 29.7 Å². The fourth-order valence-electron chi connectivity index (χ4n) is 3.30. The molecule has 0 fully saturated rings. The zero-order valence-electron chi connectivity index (χ0n) is 15.1. The second-order valence-electron chi connectivity index (χ2n) is 6.50. The lowest BCUT2D eigenvalue weighted by Crippen LogP contribution is -2.44. The Bertz CT molecular complexity index is 1080. The molecule has 0 aromatic heterocycles. The van der Waals surface area contributed by atoms with E-state index < -0.39 is 17.7 Å². The Hall–Kier alpha value is -3.41. The minimum atomic E-state index is -0.747. The van der Waals surface area contributed by atoms with Crippen molar-refractivity contribution in [2.24, 2.45) is 5.92 Å². The third-order valence-electron chi connectivity index (χ3n) is 4.85. The van der Waals surface area contributed by atoms with E-state index in [0.29, 0.717) is 27.8 Å². The molecule has 1 atom stereocenters. The highest BCUT2D eigenvalue weighted by Crippen LogP contribution is 2.33. The van der Waals surface area contributed by atoms with E-state index in [9.17, 15) is 20.1 Å². The molecule has 1 unspecified atom stereocenters. The molecule has 0 aliphatic carbocycles. The first-order chi connectivity index (χ1) is 13.5. The summed E-state index contributed by atoms with van der Waals surface area (Å²) in [5.41, 5.74) is 2.59. The van der Waals surface area contributed by atoms with E-state index in [2.05, 4.69) is 12.1 Å². The van der Waals surface area contributed by atoms with Crippen LogP contribution in [0, 0.1) is 28.6 Å². The highest BCUT2D eigenvalue weighted by molar-refractivity contribution is 6.35. The lowest BCUT2D eigenvalue weighted by molar-refractivity contribution is -0.144. The number of hydrogen-bond acceptors (Lipinski definition) is 4. The number of amides is 2. The topological polar surface area (TPSA) is 85.0 Å². The molecule has 2 aromatic carbocycles. The SMILES string of the molecule is CN1C(=O)C(Cc2ccccc2C#N)=C(Cl)C(Cc2ccccc2C#N)C1=O. The zero-order chi connectivity index (χ0) is 20.3. The van der Waals surface area contributed by atoms with Crippen molar-refractivity contribution >= 4 is 23.4 Å².